The second kappa shape index (κ2) is 8.27. The minimum Gasteiger partial charge on any atom is -0.490 e. The minimum absolute atomic E-state index is 0.148. The van der Waals surface area contributed by atoms with E-state index in [1.54, 1.807) is 12.1 Å². The van der Waals surface area contributed by atoms with Crippen molar-refractivity contribution in [2.75, 3.05) is 13.2 Å². The van der Waals surface area contributed by atoms with Crippen LogP contribution in [0.15, 0.2) is 77.7 Å². The number of hydrogen-bond acceptors (Lipinski definition) is 4. The summed E-state index contributed by atoms with van der Waals surface area (Å²) in [5.41, 5.74) is 2.86. The number of rotatable bonds is 5. The van der Waals surface area contributed by atoms with Crippen molar-refractivity contribution in [3.05, 3.63) is 89.5 Å². The predicted octanol–water partition coefficient (Wildman–Crippen LogP) is 4.22. The van der Waals surface area contributed by atoms with Crippen molar-refractivity contribution < 1.29 is 17.9 Å². The van der Waals surface area contributed by atoms with E-state index in [1.807, 2.05) is 61.5 Å². The molecule has 1 atom stereocenters. The molecule has 0 fully saturated rings. The number of ether oxygens (including phenoxy) is 2. The second-order valence-corrected chi connectivity index (χ2v) is 8.75. The molecular formula is C23H23NO4S. The van der Waals surface area contributed by atoms with E-state index in [9.17, 15) is 8.42 Å². The van der Waals surface area contributed by atoms with E-state index in [0.29, 0.717) is 24.7 Å². The van der Waals surface area contributed by atoms with Crippen LogP contribution >= 0.6 is 0 Å². The first-order valence-electron chi connectivity index (χ1n) is 9.56. The zero-order valence-corrected chi connectivity index (χ0v) is 17.0. The highest BCUT2D eigenvalue weighted by Crippen LogP contribution is 2.33. The maximum atomic E-state index is 13.2. The van der Waals surface area contributed by atoms with E-state index in [-0.39, 0.29) is 4.90 Å². The Labute approximate surface area is 171 Å². The van der Waals surface area contributed by atoms with Crippen LogP contribution in [-0.2, 0) is 10.0 Å². The molecule has 4 rings (SSSR count). The summed E-state index contributed by atoms with van der Waals surface area (Å²) in [6.07, 6.45) is 0.762. The summed E-state index contributed by atoms with van der Waals surface area (Å²) in [5.74, 6) is 1.02. The van der Waals surface area contributed by atoms with Crippen LogP contribution in [0, 0.1) is 6.92 Å². The summed E-state index contributed by atoms with van der Waals surface area (Å²) in [4.78, 5) is 0.148. The molecule has 0 aromatic heterocycles. The fourth-order valence-corrected chi connectivity index (χ4v) is 4.49. The number of benzene rings is 3. The Morgan fingerprint density at radius 2 is 1.48 bits per heavy atom. The minimum atomic E-state index is -3.80. The topological polar surface area (TPSA) is 64.6 Å². The van der Waals surface area contributed by atoms with Gasteiger partial charge in [-0.25, -0.2) is 8.42 Å². The van der Waals surface area contributed by atoms with Gasteiger partial charge in [-0.2, -0.15) is 4.72 Å². The summed E-state index contributed by atoms with van der Waals surface area (Å²) in [6.45, 7) is 3.06. The highest BCUT2D eigenvalue weighted by Gasteiger charge is 2.24. The largest absolute Gasteiger partial charge is 0.490 e. The van der Waals surface area contributed by atoms with E-state index in [1.165, 1.54) is 6.07 Å². The van der Waals surface area contributed by atoms with Gasteiger partial charge in [0.25, 0.3) is 0 Å². The molecular weight excluding hydrogens is 386 g/mol. The molecule has 150 valence electrons. The molecule has 0 bridgehead atoms. The number of nitrogens with one attached hydrogen (secondary N) is 1. The average molecular weight is 410 g/mol. The molecule has 6 heteroatoms. The molecule has 3 aromatic carbocycles. The maximum Gasteiger partial charge on any atom is 0.241 e. The Balaban J connectivity index is 1.69. The maximum absolute atomic E-state index is 13.2. The molecule has 1 N–H and O–H groups in total. The molecule has 1 aliphatic rings. The molecule has 0 saturated carbocycles. The molecule has 0 radical (unpaired) electrons. The number of sulfonamides is 1. The summed E-state index contributed by atoms with van der Waals surface area (Å²) in [6, 6.07) is 21.6. The van der Waals surface area contributed by atoms with E-state index in [2.05, 4.69) is 4.72 Å². The van der Waals surface area contributed by atoms with Crippen molar-refractivity contribution in [3.8, 4) is 11.5 Å². The lowest BCUT2D eigenvalue weighted by Crippen LogP contribution is -2.29. The Hall–Kier alpha value is -2.83. The van der Waals surface area contributed by atoms with Crippen LogP contribution in [0.3, 0.4) is 0 Å². The Morgan fingerprint density at radius 1 is 0.828 bits per heavy atom. The molecule has 1 unspecified atom stereocenters. The lowest BCUT2D eigenvalue weighted by molar-refractivity contribution is 0.297. The first kappa shape index (κ1) is 19.5. The van der Waals surface area contributed by atoms with Gasteiger partial charge in [-0.15, -0.1) is 0 Å². The Morgan fingerprint density at radius 3 is 2.21 bits per heavy atom. The van der Waals surface area contributed by atoms with Crippen LogP contribution in [0.1, 0.15) is 29.2 Å². The van der Waals surface area contributed by atoms with Crippen LogP contribution in [0.5, 0.6) is 11.5 Å². The van der Waals surface area contributed by atoms with Gasteiger partial charge in [0.15, 0.2) is 11.5 Å². The highest BCUT2D eigenvalue weighted by atomic mass is 32.2. The smallest absolute Gasteiger partial charge is 0.241 e. The molecule has 1 heterocycles. The quantitative estimate of drug-likeness (QED) is 0.685. The van der Waals surface area contributed by atoms with Crippen molar-refractivity contribution in [2.45, 2.75) is 24.3 Å². The SMILES string of the molecule is Cc1ccc(C(NS(=O)(=O)c2ccc3c(c2)OCCCO3)c2ccccc2)cc1. The van der Waals surface area contributed by atoms with Gasteiger partial charge < -0.3 is 9.47 Å². The van der Waals surface area contributed by atoms with E-state index in [4.69, 9.17) is 9.47 Å². The lowest BCUT2D eigenvalue weighted by Gasteiger charge is -2.20. The van der Waals surface area contributed by atoms with Crippen molar-refractivity contribution >= 4 is 10.0 Å². The predicted molar refractivity (Wildman–Crippen MR) is 112 cm³/mol. The summed E-state index contributed by atoms with van der Waals surface area (Å²) < 4.78 is 40.6. The van der Waals surface area contributed by atoms with Crippen LogP contribution in [0.2, 0.25) is 0 Å². The molecule has 1 aliphatic heterocycles. The summed E-state index contributed by atoms with van der Waals surface area (Å²) >= 11 is 0. The van der Waals surface area contributed by atoms with Crippen molar-refractivity contribution in [2.24, 2.45) is 0 Å². The van der Waals surface area contributed by atoms with Gasteiger partial charge in [0.1, 0.15) is 0 Å². The standard InChI is InChI=1S/C23H23NO4S/c1-17-8-10-19(11-9-17)23(18-6-3-2-4-7-18)24-29(25,26)20-12-13-21-22(16-20)28-15-5-14-27-21/h2-4,6-13,16,23-24H,5,14-15H2,1H3. The van der Waals surface area contributed by atoms with Crippen molar-refractivity contribution in [1.29, 1.82) is 0 Å². The highest BCUT2D eigenvalue weighted by molar-refractivity contribution is 7.89. The van der Waals surface area contributed by atoms with Crippen LogP contribution in [0.25, 0.3) is 0 Å². The molecule has 5 nitrogen and oxygen atoms in total. The van der Waals surface area contributed by atoms with Gasteiger partial charge >= 0.3 is 0 Å². The lowest BCUT2D eigenvalue weighted by atomic mass is 9.99. The Bertz CT molecular complexity index is 1080. The normalized spacial score (nSPS) is 14.8. The van der Waals surface area contributed by atoms with Gasteiger partial charge in [-0.1, -0.05) is 60.2 Å². The van der Waals surface area contributed by atoms with E-state index < -0.39 is 16.1 Å². The molecule has 0 saturated heterocycles. The molecule has 0 aliphatic carbocycles. The molecule has 0 spiro atoms. The van der Waals surface area contributed by atoms with E-state index in [0.717, 1.165) is 23.1 Å². The first-order chi connectivity index (χ1) is 14.0. The van der Waals surface area contributed by atoms with E-state index >= 15 is 0 Å². The second-order valence-electron chi connectivity index (χ2n) is 7.03. The molecule has 29 heavy (non-hydrogen) atoms. The third kappa shape index (κ3) is 4.44. The van der Waals surface area contributed by atoms with Gasteiger partial charge in [-0.05, 0) is 30.2 Å². The third-order valence-electron chi connectivity index (χ3n) is 4.85. The monoisotopic (exact) mass is 409 g/mol. The van der Waals surface area contributed by atoms with Crippen LogP contribution < -0.4 is 14.2 Å². The fourth-order valence-electron chi connectivity index (χ4n) is 3.27. The number of aryl methyl sites for hydroxylation is 1. The first-order valence-corrected chi connectivity index (χ1v) is 11.0. The van der Waals surface area contributed by atoms with Gasteiger partial charge in [0.05, 0.1) is 24.2 Å². The third-order valence-corrected chi connectivity index (χ3v) is 6.27. The van der Waals surface area contributed by atoms with Crippen molar-refractivity contribution in [1.82, 2.24) is 4.72 Å². The Kier molecular flexibility index (Phi) is 5.56. The van der Waals surface area contributed by atoms with Crippen LogP contribution in [0.4, 0.5) is 0 Å². The number of hydrogen-bond donors (Lipinski definition) is 1. The van der Waals surface area contributed by atoms with Gasteiger partial charge in [0, 0.05) is 12.5 Å². The zero-order chi connectivity index (χ0) is 20.3. The molecule has 0 amide bonds. The summed E-state index contributed by atoms with van der Waals surface area (Å²) in [5, 5.41) is 0. The fraction of sp³-hybridized carbons (Fsp3) is 0.217. The van der Waals surface area contributed by atoms with Gasteiger partial charge in [-0.3, -0.25) is 0 Å². The van der Waals surface area contributed by atoms with Gasteiger partial charge in [0.2, 0.25) is 10.0 Å². The summed E-state index contributed by atoms with van der Waals surface area (Å²) in [7, 11) is -3.80. The van der Waals surface area contributed by atoms with Crippen molar-refractivity contribution in [3.63, 3.8) is 0 Å². The van der Waals surface area contributed by atoms with Crippen LogP contribution in [-0.4, -0.2) is 21.6 Å². The zero-order valence-electron chi connectivity index (χ0n) is 16.2. The number of fused-ring (bicyclic) bond motifs is 1. The molecule has 3 aromatic rings. The average Bonchev–Trinajstić information content (AvgIpc) is 2.98.